The summed E-state index contributed by atoms with van der Waals surface area (Å²) in [5.41, 5.74) is 2.81. The molecule has 0 atom stereocenters. The number of hydrogen-bond donors (Lipinski definition) is 1. The molecular weight excluding hydrogens is 378 g/mol. The maximum absolute atomic E-state index is 12.6. The van der Waals surface area contributed by atoms with Crippen LogP contribution in [0.5, 0.6) is 0 Å². The Balaban J connectivity index is 1.32. The van der Waals surface area contributed by atoms with Crippen LogP contribution in [0.15, 0.2) is 54.6 Å². The average molecular weight is 401 g/mol. The van der Waals surface area contributed by atoms with E-state index in [1.165, 1.54) is 0 Å². The van der Waals surface area contributed by atoms with Gasteiger partial charge in [0.05, 0.1) is 5.52 Å². The summed E-state index contributed by atoms with van der Waals surface area (Å²) in [7, 11) is 0. The third kappa shape index (κ3) is 3.30. The summed E-state index contributed by atoms with van der Waals surface area (Å²) in [6, 6.07) is 17.9. The molecule has 8 heteroatoms. The third-order valence-corrected chi connectivity index (χ3v) is 5.53. The normalized spacial score (nSPS) is 14.4. The van der Waals surface area contributed by atoms with E-state index in [0.717, 1.165) is 33.9 Å². The molecule has 0 saturated carbocycles. The van der Waals surface area contributed by atoms with Crippen molar-refractivity contribution in [1.82, 2.24) is 29.8 Å². The largest absolute Gasteiger partial charge is 0.338 e. The SMILES string of the molecule is Cc1nnc2c3ccccc3nc(N3CCN(C(=O)NCc4ccccc4)CC3)n12. The van der Waals surface area contributed by atoms with E-state index in [4.69, 9.17) is 4.98 Å². The number of amides is 2. The summed E-state index contributed by atoms with van der Waals surface area (Å²) in [5.74, 6) is 1.64. The molecule has 0 bridgehead atoms. The molecule has 3 heterocycles. The molecule has 0 unspecified atom stereocenters. The van der Waals surface area contributed by atoms with Gasteiger partial charge in [0.2, 0.25) is 5.95 Å². The minimum absolute atomic E-state index is 0.0319. The van der Waals surface area contributed by atoms with Gasteiger partial charge in [0.15, 0.2) is 5.65 Å². The monoisotopic (exact) mass is 401 g/mol. The lowest BCUT2D eigenvalue weighted by atomic mass is 10.2. The number of nitrogens with zero attached hydrogens (tertiary/aromatic N) is 6. The van der Waals surface area contributed by atoms with E-state index >= 15 is 0 Å². The zero-order chi connectivity index (χ0) is 20.5. The molecule has 1 N–H and O–H groups in total. The van der Waals surface area contributed by atoms with Crippen LogP contribution in [-0.2, 0) is 6.54 Å². The second kappa shape index (κ2) is 7.62. The molecule has 2 amide bonds. The summed E-state index contributed by atoms with van der Waals surface area (Å²) in [6.07, 6.45) is 0. The lowest BCUT2D eigenvalue weighted by Gasteiger charge is -2.35. The van der Waals surface area contributed by atoms with E-state index in [0.29, 0.717) is 32.7 Å². The van der Waals surface area contributed by atoms with Gasteiger partial charge in [-0.2, -0.15) is 0 Å². The second-order valence-corrected chi connectivity index (χ2v) is 7.45. The fraction of sp³-hybridized carbons (Fsp3) is 0.273. The predicted octanol–water partition coefficient (Wildman–Crippen LogP) is 2.62. The zero-order valence-electron chi connectivity index (χ0n) is 16.8. The number of fused-ring (bicyclic) bond motifs is 3. The van der Waals surface area contributed by atoms with Gasteiger partial charge in [-0.3, -0.25) is 0 Å². The summed E-state index contributed by atoms with van der Waals surface area (Å²) in [6.45, 7) is 5.16. The first-order valence-electron chi connectivity index (χ1n) is 10.1. The second-order valence-electron chi connectivity index (χ2n) is 7.45. The van der Waals surface area contributed by atoms with Crippen molar-refractivity contribution < 1.29 is 4.79 Å². The lowest BCUT2D eigenvalue weighted by molar-refractivity contribution is 0.193. The van der Waals surface area contributed by atoms with Gasteiger partial charge in [0.1, 0.15) is 5.82 Å². The van der Waals surface area contributed by atoms with Crippen LogP contribution in [0.3, 0.4) is 0 Å². The van der Waals surface area contributed by atoms with Gasteiger partial charge in [-0.25, -0.2) is 14.2 Å². The fourth-order valence-electron chi connectivity index (χ4n) is 3.90. The van der Waals surface area contributed by atoms with E-state index in [1.807, 2.05) is 70.8 Å². The summed E-state index contributed by atoms with van der Waals surface area (Å²) >= 11 is 0. The van der Waals surface area contributed by atoms with Crippen molar-refractivity contribution in [3.05, 3.63) is 66.0 Å². The van der Waals surface area contributed by atoms with Crippen LogP contribution < -0.4 is 10.2 Å². The molecule has 2 aromatic carbocycles. The number of carbonyl (C=O) groups excluding carboxylic acids is 1. The molecule has 1 aliphatic rings. The maximum atomic E-state index is 12.6. The summed E-state index contributed by atoms with van der Waals surface area (Å²) in [5, 5.41) is 12.6. The van der Waals surface area contributed by atoms with Crippen molar-refractivity contribution in [2.75, 3.05) is 31.1 Å². The fourth-order valence-corrected chi connectivity index (χ4v) is 3.90. The molecule has 1 fully saturated rings. The number of carbonyl (C=O) groups is 1. The Morgan fingerprint density at radius 3 is 2.50 bits per heavy atom. The number of benzene rings is 2. The molecule has 1 saturated heterocycles. The number of aryl methyl sites for hydroxylation is 1. The lowest BCUT2D eigenvalue weighted by Crippen LogP contribution is -2.52. The van der Waals surface area contributed by atoms with Gasteiger partial charge in [0, 0.05) is 38.1 Å². The van der Waals surface area contributed by atoms with E-state index in [-0.39, 0.29) is 6.03 Å². The van der Waals surface area contributed by atoms with Crippen molar-refractivity contribution in [1.29, 1.82) is 0 Å². The Bertz CT molecular complexity index is 1200. The number of urea groups is 1. The quantitative estimate of drug-likeness (QED) is 0.571. The van der Waals surface area contributed by atoms with Crippen molar-refractivity contribution in [3.8, 4) is 0 Å². The first-order valence-corrected chi connectivity index (χ1v) is 10.1. The minimum Gasteiger partial charge on any atom is -0.338 e. The van der Waals surface area contributed by atoms with Gasteiger partial charge in [-0.15, -0.1) is 10.2 Å². The molecule has 152 valence electrons. The average Bonchev–Trinajstić information content (AvgIpc) is 3.20. The first kappa shape index (κ1) is 18.4. The Morgan fingerprint density at radius 2 is 1.70 bits per heavy atom. The van der Waals surface area contributed by atoms with Crippen LogP contribution in [0, 0.1) is 6.92 Å². The molecule has 30 heavy (non-hydrogen) atoms. The Hall–Kier alpha value is -3.68. The molecule has 1 aliphatic heterocycles. The number of para-hydroxylation sites is 1. The van der Waals surface area contributed by atoms with Crippen LogP contribution in [0.25, 0.3) is 16.6 Å². The molecule has 0 aliphatic carbocycles. The number of piperazine rings is 1. The Labute approximate surface area is 174 Å². The van der Waals surface area contributed by atoms with E-state index < -0.39 is 0 Å². The predicted molar refractivity (Wildman–Crippen MR) is 115 cm³/mol. The van der Waals surface area contributed by atoms with Crippen LogP contribution >= 0.6 is 0 Å². The number of anilines is 1. The van der Waals surface area contributed by atoms with Crippen LogP contribution in [0.2, 0.25) is 0 Å². The minimum atomic E-state index is -0.0319. The van der Waals surface area contributed by atoms with Gasteiger partial charge < -0.3 is 15.1 Å². The third-order valence-electron chi connectivity index (χ3n) is 5.53. The smallest absolute Gasteiger partial charge is 0.317 e. The molecule has 5 rings (SSSR count). The standard InChI is InChI=1S/C22H23N7O/c1-16-25-26-20-18-9-5-6-10-19(18)24-21(29(16)20)27-11-13-28(14-12-27)22(30)23-15-17-7-3-2-4-8-17/h2-10H,11-15H2,1H3,(H,23,30). The number of hydrogen-bond acceptors (Lipinski definition) is 5. The van der Waals surface area contributed by atoms with Gasteiger partial charge in [-0.1, -0.05) is 42.5 Å². The van der Waals surface area contributed by atoms with Crippen LogP contribution in [0.1, 0.15) is 11.4 Å². The van der Waals surface area contributed by atoms with Crippen LogP contribution in [-0.4, -0.2) is 56.7 Å². The number of aromatic nitrogens is 4. The van der Waals surface area contributed by atoms with Gasteiger partial charge in [-0.05, 0) is 24.6 Å². The molecule has 0 spiro atoms. The van der Waals surface area contributed by atoms with Gasteiger partial charge >= 0.3 is 6.03 Å². The highest BCUT2D eigenvalue weighted by Crippen LogP contribution is 2.24. The van der Waals surface area contributed by atoms with Crippen molar-refractivity contribution in [3.63, 3.8) is 0 Å². The highest BCUT2D eigenvalue weighted by Gasteiger charge is 2.24. The van der Waals surface area contributed by atoms with Crippen molar-refractivity contribution in [2.24, 2.45) is 0 Å². The topological polar surface area (TPSA) is 78.7 Å². The van der Waals surface area contributed by atoms with E-state index in [9.17, 15) is 4.79 Å². The summed E-state index contributed by atoms with van der Waals surface area (Å²) in [4.78, 5) is 21.5. The Kier molecular flexibility index (Phi) is 4.66. The van der Waals surface area contributed by atoms with Gasteiger partial charge in [0.25, 0.3) is 0 Å². The molecule has 2 aromatic heterocycles. The van der Waals surface area contributed by atoms with Crippen molar-refractivity contribution >= 4 is 28.5 Å². The molecule has 8 nitrogen and oxygen atoms in total. The van der Waals surface area contributed by atoms with E-state index in [1.54, 1.807) is 0 Å². The number of rotatable bonds is 3. The molecule has 0 radical (unpaired) electrons. The molecule has 4 aromatic rings. The van der Waals surface area contributed by atoms with E-state index in [2.05, 4.69) is 20.4 Å². The Morgan fingerprint density at radius 1 is 0.967 bits per heavy atom. The highest BCUT2D eigenvalue weighted by molar-refractivity contribution is 5.92. The highest BCUT2D eigenvalue weighted by atomic mass is 16.2. The number of nitrogens with one attached hydrogen (secondary N) is 1. The first-order chi connectivity index (χ1) is 14.7. The van der Waals surface area contributed by atoms with Crippen LogP contribution in [0.4, 0.5) is 10.7 Å². The maximum Gasteiger partial charge on any atom is 0.317 e. The molecular formula is C22H23N7O. The van der Waals surface area contributed by atoms with Crippen molar-refractivity contribution in [2.45, 2.75) is 13.5 Å². The zero-order valence-corrected chi connectivity index (χ0v) is 16.8. The summed E-state index contributed by atoms with van der Waals surface area (Å²) < 4.78 is 2.01.